The second-order valence-electron chi connectivity index (χ2n) is 4.51. The van der Waals surface area contributed by atoms with Crippen molar-refractivity contribution < 1.29 is 9.72 Å². The van der Waals surface area contributed by atoms with Crippen molar-refractivity contribution in [3.63, 3.8) is 0 Å². The van der Waals surface area contributed by atoms with E-state index in [2.05, 4.69) is 5.32 Å². The van der Waals surface area contributed by atoms with Gasteiger partial charge in [-0.15, -0.1) is 0 Å². The molecule has 2 atom stereocenters. The first kappa shape index (κ1) is 13.5. The maximum absolute atomic E-state index is 12.1. The van der Waals surface area contributed by atoms with Gasteiger partial charge in [-0.1, -0.05) is 19.1 Å². The average molecular weight is 263 g/mol. The van der Waals surface area contributed by atoms with E-state index in [0.29, 0.717) is 13.0 Å². The van der Waals surface area contributed by atoms with Crippen molar-refractivity contribution in [3.05, 3.63) is 39.9 Å². The first-order valence-corrected chi connectivity index (χ1v) is 6.39. The molecule has 0 saturated carbocycles. The number of hydrogen-bond donors (Lipinski definition) is 1. The summed E-state index contributed by atoms with van der Waals surface area (Å²) in [4.78, 5) is 24.2. The third kappa shape index (κ3) is 2.44. The zero-order valence-corrected chi connectivity index (χ0v) is 11.0. The average Bonchev–Trinajstić information content (AvgIpc) is 2.75. The van der Waals surface area contributed by atoms with E-state index in [9.17, 15) is 14.9 Å². The SMILES string of the molecule is CCC1NC(c2cccc([N+](=O)[O-])c2)N(CC)C1=O. The molecule has 1 aliphatic heterocycles. The van der Waals surface area contributed by atoms with E-state index in [1.54, 1.807) is 17.0 Å². The van der Waals surface area contributed by atoms with E-state index >= 15 is 0 Å². The molecule has 0 aliphatic carbocycles. The molecule has 1 amide bonds. The molecule has 102 valence electrons. The molecule has 0 bridgehead atoms. The van der Waals surface area contributed by atoms with Gasteiger partial charge in [0.05, 0.1) is 11.0 Å². The molecule has 0 radical (unpaired) electrons. The summed E-state index contributed by atoms with van der Waals surface area (Å²) < 4.78 is 0. The summed E-state index contributed by atoms with van der Waals surface area (Å²) in [7, 11) is 0. The molecule has 1 aromatic rings. The lowest BCUT2D eigenvalue weighted by Gasteiger charge is -2.22. The van der Waals surface area contributed by atoms with Crippen LogP contribution in [0.5, 0.6) is 0 Å². The van der Waals surface area contributed by atoms with Gasteiger partial charge in [-0.25, -0.2) is 0 Å². The first-order chi connectivity index (χ1) is 9.08. The quantitative estimate of drug-likeness (QED) is 0.664. The number of hydrogen-bond acceptors (Lipinski definition) is 4. The van der Waals surface area contributed by atoms with Gasteiger partial charge in [0.2, 0.25) is 5.91 Å². The van der Waals surface area contributed by atoms with Gasteiger partial charge in [0.15, 0.2) is 0 Å². The number of carbonyl (C=O) groups is 1. The number of nitro benzene ring substituents is 1. The molecule has 1 saturated heterocycles. The Morgan fingerprint density at radius 2 is 2.16 bits per heavy atom. The van der Waals surface area contributed by atoms with Gasteiger partial charge in [-0.2, -0.15) is 0 Å². The van der Waals surface area contributed by atoms with Crippen molar-refractivity contribution in [2.45, 2.75) is 32.5 Å². The number of nitro groups is 1. The van der Waals surface area contributed by atoms with Crippen LogP contribution in [0, 0.1) is 10.1 Å². The van der Waals surface area contributed by atoms with Crippen LogP contribution in [0.2, 0.25) is 0 Å². The fourth-order valence-corrected chi connectivity index (χ4v) is 2.39. The standard InChI is InChI=1S/C13H17N3O3/c1-3-11-13(17)15(4-2)12(14-11)9-6-5-7-10(8-9)16(18)19/h5-8,11-12,14H,3-4H2,1-2H3. The van der Waals surface area contributed by atoms with Gasteiger partial charge in [-0.3, -0.25) is 20.2 Å². The Kier molecular flexibility index (Phi) is 3.80. The topological polar surface area (TPSA) is 75.5 Å². The Balaban J connectivity index is 2.32. The number of non-ortho nitro benzene ring substituents is 1. The summed E-state index contributed by atoms with van der Waals surface area (Å²) in [5, 5.41) is 14.0. The number of likely N-dealkylation sites (N-methyl/N-ethyl adjacent to an activating group) is 1. The third-order valence-electron chi connectivity index (χ3n) is 3.40. The monoisotopic (exact) mass is 263 g/mol. The normalized spacial score (nSPS) is 22.8. The molecule has 1 N–H and O–H groups in total. The van der Waals surface area contributed by atoms with E-state index in [0.717, 1.165) is 5.56 Å². The van der Waals surface area contributed by atoms with Crippen LogP contribution in [0.1, 0.15) is 32.0 Å². The number of nitrogens with zero attached hydrogens (tertiary/aromatic N) is 2. The number of nitrogens with one attached hydrogen (secondary N) is 1. The molecule has 1 aromatic carbocycles. The molecule has 2 rings (SSSR count). The fourth-order valence-electron chi connectivity index (χ4n) is 2.39. The minimum absolute atomic E-state index is 0.0442. The summed E-state index contributed by atoms with van der Waals surface area (Å²) in [6.45, 7) is 4.43. The lowest BCUT2D eigenvalue weighted by Crippen LogP contribution is -2.30. The second kappa shape index (κ2) is 5.36. The predicted molar refractivity (Wildman–Crippen MR) is 70.4 cm³/mol. The number of amides is 1. The van der Waals surface area contributed by atoms with Crippen molar-refractivity contribution in [1.29, 1.82) is 0 Å². The largest absolute Gasteiger partial charge is 0.322 e. The molecule has 1 fully saturated rings. The smallest absolute Gasteiger partial charge is 0.269 e. The zero-order chi connectivity index (χ0) is 14.0. The van der Waals surface area contributed by atoms with Gasteiger partial charge in [0, 0.05) is 18.7 Å². The van der Waals surface area contributed by atoms with Crippen molar-refractivity contribution in [2.75, 3.05) is 6.54 Å². The Morgan fingerprint density at radius 3 is 2.74 bits per heavy atom. The lowest BCUT2D eigenvalue weighted by molar-refractivity contribution is -0.385. The highest BCUT2D eigenvalue weighted by Crippen LogP contribution is 2.28. The minimum Gasteiger partial charge on any atom is -0.322 e. The second-order valence-corrected chi connectivity index (χ2v) is 4.51. The molecule has 6 heteroatoms. The van der Waals surface area contributed by atoms with Crippen LogP contribution >= 0.6 is 0 Å². The summed E-state index contributed by atoms with van der Waals surface area (Å²) in [5.74, 6) is 0.0570. The Morgan fingerprint density at radius 1 is 1.42 bits per heavy atom. The van der Waals surface area contributed by atoms with E-state index < -0.39 is 4.92 Å². The fraction of sp³-hybridized carbons (Fsp3) is 0.462. The molecule has 19 heavy (non-hydrogen) atoms. The van der Waals surface area contributed by atoms with Crippen LogP contribution in [0.4, 0.5) is 5.69 Å². The van der Waals surface area contributed by atoms with Crippen LogP contribution in [-0.2, 0) is 4.79 Å². The Labute approximate surface area is 111 Å². The summed E-state index contributed by atoms with van der Waals surface area (Å²) in [6, 6.07) is 6.22. The first-order valence-electron chi connectivity index (χ1n) is 6.39. The van der Waals surface area contributed by atoms with Gasteiger partial charge >= 0.3 is 0 Å². The van der Waals surface area contributed by atoms with Crippen LogP contribution < -0.4 is 5.32 Å². The molecular formula is C13H17N3O3. The van der Waals surface area contributed by atoms with Crippen LogP contribution in [-0.4, -0.2) is 28.3 Å². The van der Waals surface area contributed by atoms with Gasteiger partial charge in [0.25, 0.3) is 5.69 Å². The number of rotatable bonds is 4. The Hall–Kier alpha value is -1.95. The molecular weight excluding hydrogens is 246 g/mol. The lowest BCUT2D eigenvalue weighted by atomic mass is 10.1. The van der Waals surface area contributed by atoms with Crippen molar-refractivity contribution in [1.82, 2.24) is 10.2 Å². The van der Waals surface area contributed by atoms with Gasteiger partial charge in [-0.05, 0) is 18.9 Å². The summed E-state index contributed by atoms with van der Waals surface area (Å²) >= 11 is 0. The van der Waals surface area contributed by atoms with Crippen molar-refractivity contribution in [3.8, 4) is 0 Å². The van der Waals surface area contributed by atoms with Crippen LogP contribution in [0.25, 0.3) is 0 Å². The highest BCUT2D eigenvalue weighted by atomic mass is 16.6. The van der Waals surface area contributed by atoms with Gasteiger partial charge < -0.3 is 4.90 Å². The summed E-state index contributed by atoms with van der Waals surface area (Å²) in [6.07, 6.45) is 0.433. The van der Waals surface area contributed by atoms with Crippen LogP contribution in [0.3, 0.4) is 0 Å². The number of benzene rings is 1. The minimum atomic E-state index is -0.423. The van der Waals surface area contributed by atoms with E-state index in [4.69, 9.17) is 0 Å². The molecule has 0 spiro atoms. The highest BCUT2D eigenvalue weighted by Gasteiger charge is 2.37. The Bertz CT molecular complexity index is 504. The maximum Gasteiger partial charge on any atom is 0.269 e. The van der Waals surface area contributed by atoms with Crippen molar-refractivity contribution >= 4 is 11.6 Å². The van der Waals surface area contributed by atoms with Crippen molar-refractivity contribution in [2.24, 2.45) is 0 Å². The molecule has 6 nitrogen and oxygen atoms in total. The maximum atomic E-state index is 12.1. The highest BCUT2D eigenvalue weighted by molar-refractivity contribution is 5.84. The third-order valence-corrected chi connectivity index (χ3v) is 3.40. The molecule has 1 aliphatic rings. The zero-order valence-electron chi connectivity index (χ0n) is 11.0. The summed E-state index contributed by atoms with van der Waals surface area (Å²) in [5.41, 5.74) is 0.795. The van der Waals surface area contributed by atoms with E-state index in [1.807, 2.05) is 13.8 Å². The van der Waals surface area contributed by atoms with Crippen LogP contribution in [0.15, 0.2) is 24.3 Å². The van der Waals surface area contributed by atoms with E-state index in [-0.39, 0.29) is 23.8 Å². The molecule has 1 heterocycles. The van der Waals surface area contributed by atoms with E-state index in [1.165, 1.54) is 12.1 Å². The van der Waals surface area contributed by atoms with Gasteiger partial charge in [0.1, 0.15) is 6.17 Å². The number of carbonyl (C=O) groups excluding carboxylic acids is 1. The molecule has 2 unspecified atom stereocenters. The molecule has 0 aromatic heterocycles. The predicted octanol–water partition coefficient (Wildman–Crippen LogP) is 1.82.